The van der Waals surface area contributed by atoms with E-state index in [1.165, 1.54) is 21.3 Å². The molecule has 46 heavy (non-hydrogen) atoms. The van der Waals surface area contributed by atoms with E-state index in [0.29, 0.717) is 25.3 Å². The zero-order chi connectivity index (χ0) is 31.5. The summed E-state index contributed by atoms with van der Waals surface area (Å²) >= 11 is 1.72. The van der Waals surface area contributed by atoms with Gasteiger partial charge in [0.15, 0.2) is 0 Å². The van der Waals surface area contributed by atoms with E-state index in [1.807, 2.05) is 6.07 Å². The lowest BCUT2D eigenvalue weighted by molar-refractivity contribution is 0.0676. The van der Waals surface area contributed by atoms with Gasteiger partial charge < -0.3 is 28.1 Å². The summed E-state index contributed by atoms with van der Waals surface area (Å²) in [6, 6.07) is 22.1. The Kier molecular flexibility index (Phi) is 9.41. The molecule has 0 N–H and O–H groups in total. The third kappa shape index (κ3) is 6.32. The van der Waals surface area contributed by atoms with E-state index in [1.54, 1.807) is 25.6 Å². The number of hydrogen-bond donors (Lipinski definition) is 0. The Morgan fingerprint density at radius 2 is 1.26 bits per heavy atom. The Bertz CT molecular complexity index is 1900. The molecule has 2 aliphatic rings. The monoisotopic (exact) mass is 639 g/mol. The van der Waals surface area contributed by atoms with Crippen molar-refractivity contribution in [3.63, 3.8) is 0 Å². The molecule has 3 aromatic carbocycles. The lowest BCUT2D eigenvalue weighted by atomic mass is 10.1. The van der Waals surface area contributed by atoms with Crippen molar-refractivity contribution in [2.45, 2.75) is 57.9 Å². The highest BCUT2D eigenvalue weighted by atomic mass is 32.1. The Hall–Kier alpha value is -3.67. The number of para-hydroxylation sites is 1. The normalized spacial score (nSPS) is 16.3. The van der Waals surface area contributed by atoms with Crippen molar-refractivity contribution in [3.05, 3.63) is 77.9 Å². The van der Waals surface area contributed by atoms with Crippen LogP contribution in [0.5, 0.6) is 0 Å². The van der Waals surface area contributed by atoms with E-state index in [2.05, 4.69) is 70.7 Å². The molecule has 6 aromatic rings. The molecular weight excluding hydrogens is 598 g/mol. The minimum absolute atomic E-state index is 0.419. The first kappa shape index (κ1) is 31.0. The Morgan fingerprint density at radius 3 is 1.85 bits per heavy atom. The number of rotatable bonds is 7. The van der Waals surface area contributed by atoms with Gasteiger partial charge in [-0.2, -0.15) is 0 Å². The molecule has 0 spiro atoms. The summed E-state index contributed by atoms with van der Waals surface area (Å²) in [5.74, 6) is 2.01. The molecule has 0 amide bonds. The van der Waals surface area contributed by atoms with Crippen molar-refractivity contribution in [1.29, 1.82) is 0 Å². The van der Waals surface area contributed by atoms with Gasteiger partial charge in [-0.05, 0) is 80.6 Å². The summed E-state index contributed by atoms with van der Waals surface area (Å²) in [6.07, 6.45) is 4.13. The highest BCUT2D eigenvalue weighted by molar-refractivity contribution is 7.21. The second-order valence-electron chi connectivity index (χ2n) is 12.0. The number of methoxy groups -OCH3 is 2. The highest BCUT2D eigenvalue weighted by Gasteiger charge is 2.23. The summed E-state index contributed by atoms with van der Waals surface area (Å²) in [5, 5.41) is 1.03. The van der Waals surface area contributed by atoms with Crippen molar-refractivity contribution in [1.82, 2.24) is 24.1 Å². The van der Waals surface area contributed by atoms with Crippen molar-refractivity contribution in [2.24, 2.45) is 0 Å². The van der Waals surface area contributed by atoms with E-state index < -0.39 is 0 Å². The minimum Gasteiger partial charge on any atom is -0.381 e. The van der Waals surface area contributed by atoms with E-state index in [-0.39, 0.29) is 0 Å². The molecular formula is C36H41N5O4S. The van der Waals surface area contributed by atoms with Crippen LogP contribution in [0.4, 0.5) is 0 Å². The average Bonchev–Trinajstić information content (AvgIpc) is 3.78. The molecule has 0 aliphatic carbocycles. The number of ether oxygens (including phenoxy) is 4. The van der Waals surface area contributed by atoms with Crippen molar-refractivity contribution >= 4 is 43.6 Å². The zero-order valence-corrected chi connectivity index (χ0v) is 27.6. The largest absolute Gasteiger partial charge is 0.381 e. The Morgan fingerprint density at radius 1 is 0.696 bits per heavy atom. The smallest absolute Gasteiger partial charge is 0.136 e. The number of nitrogens with zero attached hydrogens (tertiary/aromatic N) is 5. The number of fused-ring (bicyclic) bond motifs is 3. The highest BCUT2D eigenvalue weighted by Crippen LogP contribution is 2.34. The van der Waals surface area contributed by atoms with Gasteiger partial charge in [-0.3, -0.25) is 0 Å². The van der Waals surface area contributed by atoms with Crippen LogP contribution in [0.15, 0.2) is 60.7 Å². The second-order valence-corrected chi connectivity index (χ2v) is 13.1. The van der Waals surface area contributed by atoms with Crippen LogP contribution in [-0.2, 0) is 32.2 Å². The van der Waals surface area contributed by atoms with Gasteiger partial charge in [-0.1, -0.05) is 18.2 Å². The number of hydrogen-bond acceptors (Lipinski definition) is 8. The third-order valence-corrected chi connectivity index (χ3v) is 9.97. The van der Waals surface area contributed by atoms with Crippen LogP contribution in [0.1, 0.15) is 55.0 Å². The van der Waals surface area contributed by atoms with Gasteiger partial charge >= 0.3 is 0 Å². The second kappa shape index (κ2) is 14.0. The molecule has 0 unspecified atom stereocenters. The third-order valence-electron chi connectivity index (χ3n) is 8.88. The quantitative estimate of drug-likeness (QED) is 0.177. The lowest BCUT2D eigenvalue weighted by Gasteiger charge is -2.25. The lowest BCUT2D eigenvalue weighted by Crippen LogP contribution is -2.21. The summed E-state index contributed by atoms with van der Waals surface area (Å²) in [6.45, 7) is 6.46. The zero-order valence-electron chi connectivity index (χ0n) is 26.8. The maximum atomic E-state index is 5.54. The van der Waals surface area contributed by atoms with Crippen LogP contribution in [-0.4, -0.2) is 64.7 Å². The molecule has 0 bridgehead atoms. The first-order valence-electron chi connectivity index (χ1n) is 16.1. The van der Waals surface area contributed by atoms with Crippen LogP contribution in [0.3, 0.4) is 0 Å². The maximum Gasteiger partial charge on any atom is 0.136 e. The fourth-order valence-electron chi connectivity index (χ4n) is 6.70. The minimum atomic E-state index is 0.419. The molecule has 9 nitrogen and oxygen atoms in total. The Labute approximate surface area is 273 Å². The van der Waals surface area contributed by atoms with Crippen molar-refractivity contribution in [3.8, 4) is 10.6 Å². The fourth-order valence-corrected chi connectivity index (χ4v) is 7.66. The maximum absolute atomic E-state index is 5.54. The Balaban J connectivity index is 0.000000157. The van der Waals surface area contributed by atoms with Gasteiger partial charge in [0, 0.05) is 58.3 Å². The molecule has 2 aliphatic heterocycles. The van der Waals surface area contributed by atoms with Gasteiger partial charge in [0.1, 0.15) is 29.9 Å². The van der Waals surface area contributed by atoms with Crippen LogP contribution in [0, 0.1) is 6.92 Å². The number of imidazole rings is 2. The van der Waals surface area contributed by atoms with Crippen LogP contribution < -0.4 is 0 Å². The molecule has 2 fully saturated rings. The molecule has 0 radical (unpaired) electrons. The van der Waals surface area contributed by atoms with E-state index >= 15 is 0 Å². The molecule has 2 saturated heterocycles. The topological polar surface area (TPSA) is 85.5 Å². The van der Waals surface area contributed by atoms with E-state index in [0.717, 1.165) is 90.9 Å². The summed E-state index contributed by atoms with van der Waals surface area (Å²) in [7, 11) is 3.44. The molecule has 0 saturated carbocycles. The molecule has 10 heteroatoms. The van der Waals surface area contributed by atoms with Crippen molar-refractivity contribution < 1.29 is 18.9 Å². The van der Waals surface area contributed by atoms with Crippen LogP contribution in [0.2, 0.25) is 0 Å². The molecule has 3 aromatic heterocycles. The standard InChI is InChI=1S/C21H21N3O2S.C15H20N2O2/c1-25-13-20-22-17-12-14(21-23-16-4-2-3-5-19(16)27-21)6-7-18(17)24(20)15-8-10-26-11-9-15;1-11-3-4-14-13(9-11)16-15(10-18-2)17(14)12-5-7-19-8-6-12/h2-7,12,15H,8-11,13H2,1H3;3-4,9,12H,5-8,10H2,1-2H3. The number of aryl methyl sites for hydroxylation is 1. The molecule has 240 valence electrons. The van der Waals surface area contributed by atoms with E-state index in [9.17, 15) is 0 Å². The predicted octanol–water partition coefficient (Wildman–Crippen LogP) is 7.65. The number of aromatic nitrogens is 5. The molecule has 0 atom stereocenters. The summed E-state index contributed by atoms with van der Waals surface area (Å²) in [4.78, 5) is 14.4. The first-order chi connectivity index (χ1) is 22.6. The predicted molar refractivity (Wildman–Crippen MR) is 182 cm³/mol. The van der Waals surface area contributed by atoms with Gasteiger partial charge in [-0.25, -0.2) is 15.0 Å². The van der Waals surface area contributed by atoms with Gasteiger partial charge in [0.2, 0.25) is 0 Å². The fraction of sp³-hybridized carbons (Fsp3) is 0.417. The first-order valence-corrected chi connectivity index (χ1v) is 16.9. The van der Waals surface area contributed by atoms with Gasteiger partial charge in [-0.15, -0.1) is 11.3 Å². The van der Waals surface area contributed by atoms with Gasteiger partial charge in [0.05, 0.1) is 32.3 Å². The summed E-state index contributed by atoms with van der Waals surface area (Å²) < 4.78 is 27.6. The van der Waals surface area contributed by atoms with E-state index in [4.69, 9.17) is 33.9 Å². The van der Waals surface area contributed by atoms with Crippen molar-refractivity contribution in [2.75, 3.05) is 40.6 Å². The van der Waals surface area contributed by atoms with Gasteiger partial charge in [0.25, 0.3) is 0 Å². The SMILES string of the molecule is COCc1nc2cc(-c3nc4ccccc4s3)ccc2n1C1CCOCC1.COCc1nc2cc(C)ccc2n1C1CCOCC1. The van der Waals surface area contributed by atoms with Crippen LogP contribution >= 0.6 is 11.3 Å². The number of thiazole rings is 1. The summed E-state index contributed by atoms with van der Waals surface area (Å²) in [5.41, 5.74) is 7.86. The van der Waals surface area contributed by atoms with Crippen LogP contribution in [0.25, 0.3) is 42.9 Å². The molecule has 5 heterocycles. The number of benzene rings is 3. The average molecular weight is 640 g/mol. The molecule has 8 rings (SSSR count).